The van der Waals surface area contributed by atoms with E-state index in [1.54, 1.807) is 18.2 Å². The third-order valence-corrected chi connectivity index (χ3v) is 12.3. The maximum atomic E-state index is 12.8. The molecule has 0 N–H and O–H groups in total. The molecule has 1 aliphatic carbocycles. The number of nitriles is 1. The summed E-state index contributed by atoms with van der Waals surface area (Å²) in [5, 5.41) is 12.5. The van der Waals surface area contributed by atoms with Crippen LogP contribution < -0.4 is 0 Å². The Morgan fingerprint density at radius 1 is 1.32 bits per heavy atom. The molecule has 8 heteroatoms. The standard InChI is InChI=1S/C20H29ClN2O3SSi/c1-20(2,3)28(4,5)26-23-19-13-15(12-18(19)21)11-17(14-22)27(24,25)16-9-7-6-8-10-16/h6-10,15,17-18H,11-13H2,1-5H3/b23-19+. The monoisotopic (exact) mass is 440 g/mol. The molecule has 154 valence electrons. The van der Waals surface area contributed by atoms with Gasteiger partial charge in [-0.2, -0.15) is 5.26 Å². The van der Waals surface area contributed by atoms with Crippen LogP contribution in [-0.4, -0.2) is 33.1 Å². The Morgan fingerprint density at radius 3 is 2.46 bits per heavy atom. The van der Waals surface area contributed by atoms with E-state index in [9.17, 15) is 13.7 Å². The van der Waals surface area contributed by atoms with Crippen molar-refractivity contribution >= 4 is 35.5 Å². The maximum Gasteiger partial charge on any atom is 0.286 e. The molecule has 0 bridgehead atoms. The molecular formula is C20H29ClN2O3SSi. The van der Waals surface area contributed by atoms with Gasteiger partial charge in [-0.15, -0.1) is 16.8 Å². The molecule has 0 saturated heterocycles. The minimum absolute atomic E-state index is 0.00703. The molecule has 1 fully saturated rings. The van der Waals surface area contributed by atoms with Gasteiger partial charge in [-0.25, -0.2) is 8.42 Å². The van der Waals surface area contributed by atoms with E-state index in [-0.39, 0.29) is 27.6 Å². The zero-order valence-corrected chi connectivity index (χ0v) is 19.7. The molecule has 2 rings (SSSR count). The van der Waals surface area contributed by atoms with E-state index in [1.807, 2.05) is 6.07 Å². The summed E-state index contributed by atoms with van der Waals surface area (Å²) in [6, 6.07) is 10.1. The van der Waals surface area contributed by atoms with Gasteiger partial charge in [0.2, 0.25) is 0 Å². The Kier molecular flexibility index (Phi) is 7.01. The summed E-state index contributed by atoms with van der Waals surface area (Å²) in [6.07, 6.45) is 1.41. The Labute approximate surface area is 174 Å². The summed E-state index contributed by atoms with van der Waals surface area (Å²) >= 11 is 6.45. The van der Waals surface area contributed by atoms with Crippen LogP contribution in [0.25, 0.3) is 0 Å². The smallest absolute Gasteiger partial charge is 0.286 e. The highest BCUT2D eigenvalue weighted by Crippen LogP contribution is 2.38. The maximum absolute atomic E-state index is 12.8. The van der Waals surface area contributed by atoms with E-state index in [0.717, 1.165) is 5.71 Å². The lowest BCUT2D eigenvalue weighted by Crippen LogP contribution is -2.39. The molecular weight excluding hydrogens is 412 g/mol. The topological polar surface area (TPSA) is 79.5 Å². The number of sulfone groups is 1. The summed E-state index contributed by atoms with van der Waals surface area (Å²) in [7, 11) is -5.73. The van der Waals surface area contributed by atoms with Crippen LogP contribution in [0.2, 0.25) is 18.1 Å². The van der Waals surface area contributed by atoms with Crippen molar-refractivity contribution < 1.29 is 12.9 Å². The summed E-state index contributed by atoms with van der Waals surface area (Å²) in [5.74, 6) is -0.00703. The molecule has 1 aromatic rings. The minimum Gasteiger partial charge on any atom is -0.455 e. The van der Waals surface area contributed by atoms with Gasteiger partial charge < -0.3 is 4.53 Å². The van der Waals surface area contributed by atoms with Crippen LogP contribution in [0.5, 0.6) is 0 Å². The Bertz CT molecular complexity index is 858. The zero-order valence-electron chi connectivity index (χ0n) is 17.1. The fourth-order valence-corrected chi connectivity index (χ4v) is 5.37. The predicted molar refractivity (Wildman–Crippen MR) is 116 cm³/mol. The number of hydrogen-bond donors (Lipinski definition) is 0. The first-order valence-corrected chi connectivity index (χ1v) is 14.3. The van der Waals surface area contributed by atoms with Gasteiger partial charge in [-0.3, -0.25) is 0 Å². The van der Waals surface area contributed by atoms with E-state index in [0.29, 0.717) is 12.8 Å². The first-order valence-electron chi connectivity index (χ1n) is 9.46. The minimum atomic E-state index is -3.70. The molecule has 0 spiro atoms. The van der Waals surface area contributed by atoms with Gasteiger partial charge in [0.15, 0.2) is 15.1 Å². The van der Waals surface area contributed by atoms with E-state index in [2.05, 4.69) is 39.0 Å². The fourth-order valence-electron chi connectivity index (χ4n) is 2.85. The van der Waals surface area contributed by atoms with E-state index in [1.165, 1.54) is 12.1 Å². The Balaban J connectivity index is 2.10. The normalized spacial score (nSPS) is 23.4. The van der Waals surface area contributed by atoms with E-state index >= 15 is 0 Å². The highest BCUT2D eigenvalue weighted by atomic mass is 35.5. The molecule has 3 unspecified atom stereocenters. The number of alkyl halides is 1. The third kappa shape index (κ3) is 5.16. The molecule has 0 radical (unpaired) electrons. The molecule has 1 aromatic carbocycles. The number of oxime groups is 1. The first-order chi connectivity index (χ1) is 12.9. The summed E-state index contributed by atoms with van der Waals surface area (Å²) in [6.45, 7) is 10.7. The van der Waals surface area contributed by atoms with Gasteiger partial charge in [-0.05, 0) is 55.4 Å². The largest absolute Gasteiger partial charge is 0.455 e. The van der Waals surface area contributed by atoms with Gasteiger partial charge in [0, 0.05) is 0 Å². The first kappa shape index (κ1) is 22.9. The summed E-state index contributed by atoms with van der Waals surface area (Å²) < 4.78 is 31.5. The quantitative estimate of drug-likeness (QED) is 0.348. The van der Waals surface area contributed by atoms with Crippen molar-refractivity contribution in [1.82, 2.24) is 0 Å². The van der Waals surface area contributed by atoms with Crippen molar-refractivity contribution in [3.63, 3.8) is 0 Å². The van der Waals surface area contributed by atoms with Crippen LogP contribution in [0.1, 0.15) is 40.0 Å². The average molecular weight is 441 g/mol. The Morgan fingerprint density at radius 2 is 1.93 bits per heavy atom. The average Bonchev–Trinajstić information content (AvgIpc) is 2.97. The summed E-state index contributed by atoms with van der Waals surface area (Å²) in [4.78, 5) is 0.178. The Hall–Kier alpha value is -1.36. The zero-order chi connectivity index (χ0) is 21.2. The van der Waals surface area contributed by atoms with Gasteiger partial charge in [0.1, 0.15) is 0 Å². The van der Waals surface area contributed by atoms with E-state index < -0.39 is 23.4 Å². The third-order valence-electron chi connectivity index (χ3n) is 5.73. The van der Waals surface area contributed by atoms with Crippen molar-refractivity contribution in [3.8, 4) is 6.07 Å². The number of nitrogens with zero attached hydrogens (tertiary/aromatic N) is 2. The lowest BCUT2D eigenvalue weighted by Gasteiger charge is -2.33. The van der Waals surface area contributed by atoms with Crippen molar-refractivity contribution in [2.75, 3.05) is 0 Å². The number of hydrogen-bond acceptors (Lipinski definition) is 5. The molecule has 1 saturated carbocycles. The van der Waals surface area contributed by atoms with Gasteiger partial charge >= 0.3 is 0 Å². The number of rotatable bonds is 6. The van der Waals surface area contributed by atoms with Crippen molar-refractivity contribution in [3.05, 3.63) is 30.3 Å². The number of halogens is 1. The molecule has 0 heterocycles. The molecule has 0 amide bonds. The second kappa shape index (κ2) is 8.56. The van der Waals surface area contributed by atoms with Gasteiger partial charge in [-0.1, -0.05) is 39.0 Å². The number of benzene rings is 1. The van der Waals surface area contributed by atoms with Crippen molar-refractivity contribution in [2.45, 2.75) is 73.7 Å². The van der Waals surface area contributed by atoms with Crippen LogP contribution >= 0.6 is 11.6 Å². The van der Waals surface area contributed by atoms with E-state index in [4.69, 9.17) is 16.1 Å². The van der Waals surface area contributed by atoms with Crippen molar-refractivity contribution in [2.24, 2.45) is 11.1 Å². The lowest BCUT2D eigenvalue weighted by molar-refractivity contribution is 0.306. The molecule has 0 aromatic heterocycles. The summed E-state index contributed by atoms with van der Waals surface area (Å²) in [5.41, 5.74) is 0.755. The van der Waals surface area contributed by atoms with Crippen LogP contribution in [0.3, 0.4) is 0 Å². The predicted octanol–water partition coefficient (Wildman–Crippen LogP) is 5.14. The molecule has 28 heavy (non-hydrogen) atoms. The SMILES string of the molecule is CC(C)(C)[Si](C)(C)O/N=C1\CC(CC(C#N)S(=O)(=O)c2ccccc2)CC1Cl. The van der Waals surface area contributed by atoms with Gasteiger partial charge in [0.05, 0.1) is 22.1 Å². The van der Waals surface area contributed by atoms with Crippen molar-refractivity contribution in [1.29, 1.82) is 5.26 Å². The van der Waals surface area contributed by atoms with Crippen LogP contribution in [-0.2, 0) is 14.4 Å². The molecule has 0 aliphatic heterocycles. The van der Waals surface area contributed by atoms with Crippen LogP contribution in [0.15, 0.2) is 40.4 Å². The lowest BCUT2D eigenvalue weighted by atomic mass is 10.0. The van der Waals surface area contributed by atoms with Gasteiger partial charge in [0.25, 0.3) is 8.32 Å². The highest BCUT2D eigenvalue weighted by molar-refractivity contribution is 7.92. The fraction of sp³-hybridized carbons (Fsp3) is 0.600. The molecule has 3 atom stereocenters. The molecule has 5 nitrogen and oxygen atoms in total. The van der Waals surface area contributed by atoms with Crippen LogP contribution in [0, 0.1) is 17.2 Å². The second-order valence-corrected chi connectivity index (χ2v) is 16.3. The highest BCUT2D eigenvalue weighted by Gasteiger charge is 2.41. The van der Waals surface area contributed by atoms with Crippen LogP contribution in [0.4, 0.5) is 0 Å². The molecule has 1 aliphatic rings. The second-order valence-electron chi connectivity index (χ2n) is 8.92.